The number of nitrogens with one attached hydrogen (secondary N) is 1. The van der Waals surface area contributed by atoms with E-state index in [1.807, 2.05) is 18.2 Å². The number of aromatic nitrogens is 1. The van der Waals surface area contributed by atoms with Crippen LogP contribution < -0.4 is 0 Å². The largest absolute Gasteiger partial charge is 0.351 e. The van der Waals surface area contributed by atoms with E-state index < -0.39 is 11.6 Å². The Bertz CT molecular complexity index is 996. The molecule has 0 bridgehead atoms. The molecule has 0 radical (unpaired) electrons. The molecular formula is C20H18ClF2N3O. The number of rotatable bonds is 3. The molecule has 0 unspecified atom stereocenters. The second-order valence-corrected chi connectivity index (χ2v) is 7.16. The van der Waals surface area contributed by atoms with Gasteiger partial charge in [-0.25, -0.2) is 8.78 Å². The number of hydrogen-bond acceptors (Lipinski definition) is 2. The molecule has 2 aromatic carbocycles. The molecule has 1 N–H and O–H groups in total. The molecule has 1 saturated heterocycles. The summed E-state index contributed by atoms with van der Waals surface area (Å²) in [5.41, 5.74) is 1.86. The Balaban J connectivity index is 1.40. The molecule has 4 rings (SSSR count). The fraction of sp³-hybridized carbons (Fsp3) is 0.250. The molecular weight excluding hydrogens is 372 g/mol. The molecule has 27 heavy (non-hydrogen) atoms. The summed E-state index contributed by atoms with van der Waals surface area (Å²) in [6.07, 6.45) is 0. The number of halogens is 3. The SMILES string of the molecule is O=C(c1cc2cc(Cl)ccc2[nH]1)N1CCN(Cc2ccc(F)cc2F)CC1. The van der Waals surface area contributed by atoms with Crippen molar-refractivity contribution in [2.24, 2.45) is 0 Å². The number of carbonyl (C=O) groups excluding carboxylic acids is 1. The summed E-state index contributed by atoms with van der Waals surface area (Å²) in [5.74, 6) is -1.17. The quantitative estimate of drug-likeness (QED) is 0.733. The monoisotopic (exact) mass is 389 g/mol. The van der Waals surface area contributed by atoms with Gasteiger partial charge in [-0.2, -0.15) is 0 Å². The van der Waals surface area contributed by atoms with Gasteiger partial charge >= 0.3 is 0 Å². The zero-order valence-corrected chi connectivity index (χ0v) is 15.3. The maximum Gasteiger partial charge on any atom is 0.270 e. The van der Waals surface area contributed by atoms with Crippen molar-refractivity contribution in [3.63, 3.8) is 0 Å². The fourth-order valence-corrected chi connectivity index (χ4v) is 3.57. The fourth-order valence-electron chi connectivity index (χ4n) is 3.39. The van der Waals surface area contributed by atoms with Crippen LogP contribution in [0.25, 0.3) is 10.9 Å². The molecule has 140 valence electrons. The molecule has 3 aromatic rings. The van der Waals surface area contributed by atoms with Gasteiger partial charge in [-0.05, 0) is 30.3 Å². The normalized spacial score (nSPS) is 15.4. The number of hydrogen-bond donors (Lipinski definition) is 1. The molecule has 7 heteroatoms. The highest BCUT2D eigenvalue weighted by Crippen LogP contribution is 2.21. The van der Waals surface area contributed by atoms with Crippen molar-refractivity contribution in [2.45, 2.75) is 6.54 Å². The number of aromatic amines is 1. The summed E-state index contributed by atoms with van der Waals surface area (Å²) in [6.45, 7) is 2.78. The van der Waals surface area contributed by atoms with Crippen LogP contribution in [-0.4, -0.2) is 46.9 Å². The lowest BCUT2D eigenvalue weighted by atomic mass is 10.1. The summed E-state index contributed by atoms with van der Waals surface area (Å²) in [6, 6.07) is 10.9. The zero-order chi connectivity index (χ0) is 19.0. The van der Waals surface area contributed by atoms with E-state index in [0.717, 1.165) is 17.0 Å². The van der Waals surface area contributed by atoms with Gasteiger partial charge in [0.05, 0.1) is 0 Å². The topological polar surface area (TPSA) is 39.3 Å². The molecule has 0 atom stereocenters. The number of fused-ring (bicyclic) bond motifs is 1. The molecule has 1 amide bonds. The summed E-state index contributed by atoms with van der Waals surface area (Å²) in [7, 11) is 0. The van der Waals surface area contributed by atoms with Gasteiger partial charge in [0.15, 0.2) is 0 Å². The molecule has 1 fully saturated rings. The Morgan fingerprint density at radius 1 is 1.04 bits per heavy atom. The van der Waals surface area contributed by atoms with Crippen molar-refractivity contribution >= 4 is 28.4 Å². The summed E-state index contributed by atoms with van der Waals surface area (Å²) >= 11 is 6.00. The highest BCUT2D eigenvalue weighted by molar-refractivity contribution is 6.31. The molecule has 4 nitrogen and oxygen atoms in total. The Kier molecular flexibility index (Phi) is 4.85. The van der Waals surface area contributed by atoms with Crippen LogP contribution in [0.15, 0.2) is 42.5 Å². The molecule has 2 heterocycles. The van der Waals surface area contributed by atoms with Crippen molar-refractivity contribution in [3.05, 3.63) is 70.4 Å². The number of H-pyrrole nitrogens is 1. The number of benzene rings is 2. The van der Waals surface area contributed by atoms with E-state index in [2.05, 4.69) is 9.88 Å². The molecule has 0 aliphatic carbocycles. The van der Waals surface area contributed by atoms with Crippen LogP contribution in [-0.2, 0) is 6.54 Å². The maximum atomic E-state index is 13.8. The Labute approximate surface area is 160 Å². The minimum Gasteiger partial charge on any atom is -0.351 e. The molecule has 1 aromatic heterocycles. The summed E-state index contributed by atoms with van der Waals surface area (Å²) in [4.78, 5) is 19.7. The Hall–Kier alpha value is -2.44. The van der Waals surface area contributed by atoms with Gasteiger partial charge < -0.3 is 9.88 Å². The lowest BCUT2D eigenvalue weighted by Crippen LogP contribution is -2.48. The van der Waals surface area contributed by atoms with Crippen LogP contribution in [0, 0.1) is 11.6 Å². The lowest BCUT2D eigenvalue weighted by Gasteiger charge is -2.34. The summed E-state index contributed by atoms with van der Waals surface area (Å²) < 4.78 is 26.8. The van der Waals surface area contributed by atoms with Gasteiger partial charge in [0.25, 0.3) is 5.91 Å². The third-order valence-corrected chi connectivity index (χ3v) is 5.12. The Morgan fingerprint density at radius 3 is 2.56 bits per heavy atom. The first-order valence-electron chi connectivity index (χ1n) is 8.73. The van der Waals surface area contributed by atoms with Crippen LogP contribution in [0.3, 0.4) is 0 Å². The van der Waals surface area contributed by atoms with E-state index >= 15 is 0 Å². The van der Waals surface area contributed by atoms with Crippen molar-refractivity contribution in [3.8, 4) is 0 Å². The molecule has 1 aliphatic heterocycles. The van der Waals surface area contributed by atoms with Crippen LogP contribution in [0.4, 0.5) is 8.78 Å². The average molecular weight is 390 g/mol. The van der Waals surface area contributed by atoms with Gasteiger partial charge in [0.2, 0.25) is 0 Å². The second kappa shape index (κ2) is 7.29. The molecule has 1 aliphatic rings. The van der Waals surface area contributed by atoms with E-state index in [9.17, 15) is 13.6 Å². The van der Waals surface area contributed by atoms with E-state index in [1.54, 1.807) is 11.0 Å². The third-order valence-electron chi connectivity index (χ3n) is 4.88. The van der Waals surface area contributed by atoms with Crippen molar-refractivity contribution in [1.29, 1.82) is 0 Å². The van der Waals surface area contributed by atoms with Gasteiger partial charge in [-0.3, -0.25) is 9.69 Å². The lowest BCUT2D eigenvalue weighted by molar-refractivity contribution is 0.0622. The standard InChI is InChI=1S/C20H18ClF2N3O/c21-15-2-4-18-14(9-15)10-19(24-18)20(27)26-7-5-25(6-8-26)12-13-1-3-16(22)11-17(13)23/h1-4,9-11,24H,5-8,12H2. The predicted molar refractivity (Wildman–Crippen MR) is 101 cm³/mol. The Morgan fingerprint density at radius 2 is 1.81 bits per heavy atom. The van der Waals surface area contributed by atoms with E-state index in [4.69, 9.17) is 11.6 Å². The minimum atomic E-state index is -0.578. The number of piperazine rings is 1. The maximum absolute atomic E-state index is 13.8. The number of nitrogens with zero attached hydrogens (tertiary/aromatic N) is 2. The minimum absolute atomic E-state index is 0.0602. The van der Waals surface area contributed by atoms with Crippen molar-refractivity contribution in [2.75, 3.05) is 26.2 Å². The van der Waals surface area contributed by atoms with Crippen LogP contribution >= 0.6 is 11.6 Å². The van der Waals surface area contributed by atoms with Gasteiger partial charge in [0.1, 0.15) is 17.3 Å². The first-order chi connectivity index (χ1) is 13.0. The van der Waals surface area contributed by atoms with E-state index in [1.165, 1.54) is 12.1 Å². The first kappa shape index (κ1) is 17.9. The molecule has 0 spiro atoms. The second-order valence-electron chi connectivity index (χ2n) is 6.72. The number of amides is 1. The zero-order valence-electron chi connectivity index (χ0n) is 14.5. The average Bonchev–Trinajstić information content (AvgIpc) is 3.07. The van der Waals surface area contributed by atoms with Crippen molar-refractivity contribution in [1.82, 2.24) is 14.8 Å². The van der Waals surface area contributed by atoms with Crippen LogP contribution in [0.1, 0.15) is 16.1 Å². The van der Waals surface area contributed by atoms with Gasteiger partial charge in [0, 0.05) is 60.3 Å². The highest BCUT2D eigenvalue weighted by Gasteiger charge is 2.24. The van der Waals surface area contributed by atoms with Gasteiger partial charge in [-0.1, -0.05) is 17.7 Å². The number of carbonyl (C=O) groups is 1. The first-order valence-corrected chi connectivity index (χ1v) is 9.11. The van der Waals surface area contributed by atoms with Gasteiger partial charge in [-0.15, -0.1) is 0 Å². The molecule has 0 saturated carbocycles. The van der Waals surface area contributed by atoms with Crippen LogP contribution in [0.5, 0.6) is 0 Å². The third kappa shape index (κ3) is 3.82. The predicted octanol–water partition coefficient (Wildman–Crippen LogP) is 4.06. The van der Waals surface area contributed by atoms with Crippen LogP contribution in [0.2, 0.25) is 5.02 Å². The highest BCUT2D eigenvalue weighted by atomic mass is 35.5. The smallest absolute Gasteiger partial charge is 0.270 e. The van der Waals surface area contributed by atoms with Crippen molar-refractivity contribution < 1.29 is 13.6 Å². The van der Waals surface area contributed by atoms with E-state index in [-0.39, 0.29) is 5.91 Å². The van der Waals surface area contributed by atoms with E-state index in [0.29, 0.717) is 49.0 Å². The summed E-state index contributed by atoms with van der Waals surface area (Å²) in [5, 5.41) is 1.53.